The SMILES string of the molecule is CC(=O)SCc1ccc(C#CC#Cc2c3nc(c(-c4cc(OCCC(C)C)cc(OCCC(C)C)c4)c4ccc([nH]4)c(C#CC#Cc4ccc(CSC(C)=O)cc4)c4nc(c(-c5cc(OCCC(C)C)cc(OCCC(C)C)c5)c5ccc2[nH]5)C=C4)C=C3)cc1. The quantitative estimate of drug-likeness (QED) is 0.0633. The summed E-state index contributed by atoms with van der Waals surface area (Å²) >= 11 is 2.56. The standard InChI is InChI=1S/C78H78N4O6S2/c1-51(2)35-39-85-63-43-61(44-64(47-63)86-40-36-52(3)4)77-73-31-27-69(79-73)67(17-13-11-15-57-19-23-59(24-20-57)49-89-55(9)83)71-29-33-75(81-71)78(62-45-65(87-41-37-53(5)6)48-66(46-62)88-42-38-54(7)8)76-34-30-72(82-76)68(70-28-32-74(77)80-70)18-14-12-16-58-21-25-60(26-22-58)50-90-56(10)84/h19-34,43-48,51-54,79,82H,35-42,49-50H2,1-10H3. The number of carbonyl (C=O) groups is 2. The number of aromatic nitrogens is 4. The second-order valence-electron chi connectivity index (χ2n) is 24.0. The smallest absolute Gasteiger partial charge is 0.186 e. The van der Waals surface area contributed by atoms with Gasteiger partial charge < -0.3 is 28.9 Å². The van der Waals surface area contributed by atoms with Crippen LogP contribution in [0.25, 0.3) is 68.6 Å². The van der Waals surface area contributed by atoms with E-state index in [1.54, 1.807) is 13.8 Å². The molecule has 2 aliphatic heterocycles. The van der Waals surface area contributed by atoms with Crippen LogP contribution in [0.3, 0.4) is 0 Å². The minimum atomic E-state index is 0.0777. The molecular weight excluding hydrogens is 1150 g/mol. The van der Waals surface area contributed by atoms with Crippen LogP contribution in [0.4, 0.5) is 0 Å². The highest BCUT2D eigenvalue weighted by molar-refractivity contribution is 8.13. The van der Waals surface area contributed by atoms with Gasteiger partial charge in [-0.1, -0.05) is 115 Å². The third-order valence-corrected chi connectivity index (χ3v) is 16.4. The molecule has 0 unspecified atom stereocenters. The van der Waals surface area contributed by atoms with Gasteiger partial charge in [0.2, 0.25) is 0 Å². The summed E-state index contributed by atoms with van der Waals surface area (Å²) in [5.74, 6) is 31.8. The largest absolute Gasteiger partial charge is 0.493 e. The van der Waals surface area contributed by atoms with Gasteiger partial charge in [0.15, 0.2) is 10.2 Å². The fourth-order valence-corrected chi connectivity index (χ4v) is 10.7. The van der Waals surface area contributed by atoms with Crippen LogP contribution < -0.4 is 18.9 Å². The monoisotopic (exact) mass is 1230 g/mol. The van der Waals surface area contributed by atoms with Gasteiger partial charge in [-0.05, 0) is 204 Å². The molecule has 7 aromatic rings. The van der Waals surface area contributed by atoms with Crippen molar-refractivity contribution in [2.24, 2.45) is 23.7 Å². The molecule has 12 heteroatoms. The van der Waals surface area contributed by atoms with Crippen LogP contribution in [0.5, 0.6) is 23.0 Å². The van der Waals surface area contributed by atoms with E-state index < -0.39 is 0 Å². The Hall–Kier alpha value is -9.04. The summed E-state index contributed by atoms with van der Waals surface area (Å²) in [5.41, 5.74) is 13.9. The molecule has 2 aliphatic rings. The molecule has 0 saturated carbocycles. The van der Waals surface area contributed by atoms with Crippen molar-refractivity contribution >= 4 is 80.1 Å². The molecule has 8 bridgehead atoms. The van der Waals surface area contributed by atoms with E-state index in [0.717, 1.165) is 92.3 Å². The first-order chi connectivity index (χ1) is 43.5. The number of ether oxygens (including phenoxy) is 4. The van der Waals surface area contributed by atoms with Gasteiger partial charge in [0.1, 0.15) is 23.0 Å². The predicted molar refractivity (Wildman–Crippen MR) is 374 cm³/mol. The van der Waals surface area contributed by atoms with Crippen molar-refractivity contribution in [2.45, 2.75) is 106 Å². The lowest BCUT2D eigenvalue weighted by molar-refractivity contribution is -0.109. The number of fused-ring (bicyclic) bond motifs is 8. The normalized spacial score (nSPS) is 11.4. The molecule has 4 aromatic carbocycles. The summed E-state index contributed by atoms with van der Waals surface area (Å²) in [6, 6.07) is 36.2. The molecule has 0 aliphatic carbocycles. The maximum absolute atomic E-state index is 11.7. The number of rotatable bonds is 22. The lowest BCUT2D eigenvalue weighted by Crippen LogP contribution is -2.04. The van der Waals surface area contributed by atoms with Gasteiger partial charge in [0.25, 0.3) is 0 Å². The summed E-state index contributed by atoms with van der Waals surface area (Å²) in [7, 11) is 0. The number of thioether (sulfide) groups is 2. The predicted octanol–water partition coefficient (Wildman–Crippen LogP) is 18.1. The summed E-state index contributed by atoms with van der Waals surface area (Å²) in [6.07, 6.45) is 11.6. The first-order valence-electron chi connectivity index (χ1n) is 31.0. The average Bonchev–Trinajstić information content (AvgIpc) is 1.62. The average molecular weight is 1230 g/mol. The van der Waals surface area contributed by atoms with E-state index >= 15 is 0 Å². The lowest BCUT2D eigenvalue weighted by atomic mass is 10.0. The van der Waals surface area contributed by atoms with Gasteiger partial charge >= 0.3 is 0 Å². The molecule has 5 heterocycles. The number of aromatic amines is 2. The van der Waals surface area contributed by atoms with Gasteiger partial charge in [0.05, 0.1) is 71.4 Å². The van der Waals surface area contributed by atoms with Crippen molar-refractivity contribution in [1.82, 2.24) is 19.9 Å². The molecule has 2 N–H and O–H groups in total. The zero-order valence-corrected chi connectivity index (χ0v) is 54.9. The summed E-state index contributed by atoms with van der Waals surface area (Å²) < 4.78 is 26.1. The number of H-pyrrole nitrogens is 2. The maximum atomic E-state index is 11.7. The van der Waals surface area contributed by atoms with Crippen molar-refractivity contribution in [3.05, 3.63) is 165 Å². The highest BCUT2D eigenvalue weighted by Crippen LogP contribution is 2.39. The van der Waals surface area contributed by atoms with Crippen LogP contribution in [0, 0.1) is 71.0 Å². The van der Waals surface area contributed by atoms with Crippen LogP contribution in [-0.4, -0.2) is 56.6 Å². The number of carbonyl (C=O) groups excluding carboxylic acids is 2. The molecule has 0 saturated heterocycles. The van der Waals surface area contributed by atoms with Gasteiger partial charge in [-0.3, -0.25) is 9.59 Å². The highest BCUT2D eigenvalue weighted by Gasteiger charge is 2.20. The third kappa shape index (κ3) is 19.0. The van der Waals surface area contributed by atoms with E-state index in [2.05, 4.69) is 149 Å². The molecule has 10 nitrogen and oxygen atoms in total. The number of nitrogens with zero attached hydrogens (tertiary/aromatic N) is 2. The zero-order valence-electron chi connectivity index (χ0n) is 53.2. The Kier molecular flexibility index (Phi) is 23.2. The maximum Gasteiger partial charge on any atom is 0.186 e. The van der Waals surface area contributed by atoms with E-state index in [0.29, 0.717) is 119 Å². The Morgan fingerprint density at radius 1 is 0.411 bits per heavy atom. The molecular formula is C78H78N4O6S2. The van der Waals surface area contributed by atoms with E-state index in [1.807, 2.05) is 97.1 Å². The minimum Gasteiger partial charge on any atom is -0.493 e. The molecule has 458 valence electrons. The Bertz CT molecular complexity index is 3910. The molecule has 0 amide bonds. The van der Waals surface area contributed by atoms with Gasteiger partial charge in [-0.2, -0.15) is 0 Å². The second-order valence-corrected chi connectivity index (χ2v) is 26.3. The third-order valence-electron chi connectivity index (χ3n) is 14.7. The number of benzene rings is 4. The van der Waals surface area contributed by atoms with E-state index in [1.165, 1.54) is 23.5 Å². The van der Waals surface area contributed by atoms with Crippen LogP contribution >= 0.6 is 23.5 Å². The zero-order chi connectivity index (χ0) is 63.5. The van der Waals surface area contributed by atoms with Crippen molar-refractivity contribution < 1.29 is 28.5 Å². The van der Waals surface area contributed by atoms with Crippen molar-refractivity contribution in [3.63, 3.8) is 0 Å². The summed E-state index contributed by atoms with van der Waals surface area (Å²) in [6.45, 7) is 22.9. The number of hydrogen-bond acceptors (Lipinski definition) is 10. The minimum absolute atomic E-state index is 0.0777. The van der Waals surface area contributed by atoms with Crippen LogP contribution in [0.1, 0.15) is 151 Å². The molecule has 0 fully saturated rings. The van der Waals surface area contributed by atoms with Crippen LogP contribution in [-0.2, 0) is 21.1 Å². The second kappa shape index (κ2) is 31.9. The Morgan fingerprint density at radius 2 is 0.722 bits per heavy atom. The van der Waals surface area contributed by atoms with Crippen LogP contribution in [0.15, 0.2) is 109 Å². The fourth-order valence-electron chi connectivity index (χ4n) is 9.62. The van der Waals surface area contributed by atoms with Gasteiger partial charge in [0, 0.05) is 70.8 Å². The number of nitrogens with one attached hydrogen (secondary N) is 2. The summed E-state index contributed by atoms with van der Waals surface area (Å²) in [4.78, 5) is 41.9. The first kappa shape index (κ1) is 65.4. The first-order valence-corrected chi connectivity index (χ1v) is 32.9. The Morgan fingerprint density at radius 3 is 1.04 bits per heavy atom. The number of hydrogen-bond donors (Lipinski definition) is 2. The molecule has 90 heavy (non-hydrogen) atoms. The highest BCUT2D eigenvalue weighted by atomic mass is 32.2. The lowest BCUT2D eigenvalue weighted by Gasteiger charge is -2.14. The van der Waals surface area contributed by atoms with E-state index in [4.69, 9.17) is 28.9 Å². The van der Waals surface area contributed by atoms with Crippen molar-refractivity contribution in [1.29, 1.82) is 0 Å². The molecule has 0 radical (unpaired) electrons. The van der Waals surface area contributed by atoms with Crippen molar-refractivity contribution in [2.75, 3.05) is 26.4 Å². The van der Waals surface area contributed by atoms with E-state index in [9.17, 15) is 9.59 Å². The fraction of sp³-hybridized carbons (Fsp3) is 0.308. The Labute approximate surface area is 539 Å². The van der Waals surface area contributed by atoms with Crippen molar-refractivity contribution in [3.8, 4) is 92.6 Å². The topological polar surface area (TPSA) is 128 Å². The van der Waals surface area contributed by atoms with Crippen LogP contribution in [0.2, 0.25) is 0 Å². The molecule has 9 rings (SSSR count). The van der Waals surface area contributed by atoms with Gasteiger partial charge in [-0.15, -0.1) is 0 Å². The molecule has 0 spiro atoms. The molecule has 0 atom stereocenters. The summed E-state index contributed by atoms with van der Waals surface area (Å²) in [5, 5.41) is 0.155. The Balaban J connectivity index is 1.32. The van der Waals surface area contributed by atoms with E-state index in [-0.39, 0.29) is 10.2 Å². The van der Waals surface area contributed by atoms with Gasteiger partial charge in [-0.25, -0.2) is 9.97 Å². The molecule has 3 aromatic heterocycles.